The first-order valence-electron chi connectivity index (χ1n) is 7.69. The predicted molar refractivity (Wildman–Crippen MR) is 80.2 cm³/mol. The maximum absolute atomic E-state index is 12.5. The number of aliphatic hydroxyl groups is 1. The van der Waals surface area contributed by atoms with Gasteiger partial charge in [0.2, 0.25) is 0 Å². The molecule has 0 spiro atoms. The van der Waals surface area contributed by atoms with Crippen LogP contribution in [-0.4, -0.2) is 91.7 Å². The zero-order chi connectivity index (χ0) is 15.5. The van der Waals surface area contributed by atoms with Gasteiger partial charge in [-0.25, -0.2) is 0 Å². The largest absolute Gasteiger partial charge is 0.387 e. The maximum Gasteiger partial charge on any atom is 0.282 e. The molecule has 21 heavy (non-hydrogen) atoms. The zero-order valence-corrected chi connectivity index (χ0v) is 13.8. The molecule has 2 rings (SSSR count). The van der Waals surface area contributed by atoms with Gasteiger partial charge in [-0.15, -0.1) is 0 Å². The van der Waals surface area contributed by atoms with Crippen LogP contribution in [0.1, 0.15) is 20.3 Å². The lowest BCUT2D eigenvalue weighted by Gasteiger charge is -2.34. The summed E-state index contributed by atoms with van der Waals surface area (Å²) in [5, 5.41) is 10.7. The summed E-state index contributed by atoms with van der Waals surface area (Å²) in [5.74, 6) is 0. The summed E-state index contributed by atoms with van der Waals surface area (Å²) in [6.45, 7) is 8.61. The summed E-state index contributed by atoms with van der Waals surface area (Å²) in [7, 11) is -3.45. The Balaban J connectivity index is 1.98. The summed E-state index contributed by atoms with van der Waals surface area (Å²) in [5.41, 5.74) is -0.947. The van der Waals surface area contributed by atoms with E-state index in [4.69, 9.17) is 4.74 Å². The van der Waals surface area contributed by atoms with Crippen molar-refractivity contribution >= 4 is 10.2 Å². The molecule has 0 amide bonds. The fourth-order valence-corrected chi connectivity index (χ4v) is 4.74. The lowest BCUT2D eigenvalue weighted by molar-refractivity contribution is -0.0240. The summed E-state index contributed by atoms with van der Waals surface area (Å²) >= 11 is 0. The van der Waals surface area contributed by atoms with E-state index >= 15 is 0 Å². The highest BCUT2D eigenvalue weighted by Gasteiger charge is 2.43. The number of β-amino-alcohol motifs (C(OH)–C–C–N with tert-alkyl or cyclic N) is 1. The van der Waals surface area contributed by atoms with E-state index in [9.17, 15) is 13.5 Å². The molecule has 8 heteroatoms. The SMILES string of the molecule is CCN(CC)S(=O)(=O)N1CC[C@@](O)(CN2CCOCC2)C1. The number of ether oxygens (including phenoxy) is 1. The molecule has 0 aromatic heterocycles. The Bertz CT molecular complexity index is 435. The molecule has 0 aromatic rings. The van der Waals surface area contributed by atoms with Crippen LogP contribution in [0.5, 0.6) is 0 Å². The van der Waals surface area contributed by atoms with Crippen LogP contribution in [0, 0.1) is 0 Å². The standard InChI is InChI=1S/C13H27N3O4S/c1-3-15(4-2)21(18,19)16-6-5-13(17,12-16)11-14-7-9-20-10-8-14/h17H,3-12H2,1-2H3/t13-/m1/s1. The van der Waals surface area contributed by atoms with Crippen molar-refractivity contribution in [1.82, 2.24) is 13.5 Å². The van der Waals surface area contributed by atoms with E-state index in [0.717, 1.165) is 13.1 Å². The van der Waals surface area contributed by atoms with Gasteiger partial charge >= 0.3 is 0 Å². The third-order valence-electron chi connectivity index (χ3n) is 4.28. The van der Waals surface area contributed by atoms with Crippen molar-refractivity contribution in [3.05, 3.63) is 0 Å². The van der Waals surface area contributed by atoms with Crippen molar-refractivity contribution in [1.29, 1.82) is 0 Å². The highest BCUT2D eigenvalue weighted by Crippen LogP contribution is 2.26. The second-order valence-electron chi connectivity index (χ2n) is 5.79. The first-order chi connectivity index (χ1) is 9.91. The van der Waals surface area contributed by atoms with Crippen molar-refractivity contribution in [2.45, 2.75) is 25.9 Å². The predicted octanol–water partition coefficient (Wildman–Crippen LogP) is -0.658. The molecule has 0 saturated carbocycles. The zero-order valence-electron chi connectivity index (χ0n) is 13.0. The van der Waals surface area contributed by atoms with Crippen LogP contribution in [0.25, 0.3) is 0 Å². The van der Waals surface area contributed by atoms with Gasteiger partial charge in [0.05, 0.1) is 18.8 Å². The molecule has 2 fully saturated rings. The summed E-state index contributed by atoms with van der Waals surface area (Å²) in [6, 6.07) is 0. The molecular weight excluding hydrogens is 294 g/mol. The molecule has 0 aliphatic carbocycles. The lowest BCUT2D eigenvalue weighted by atomic mass is 10.0. The third-order valence-corrected chi connectivity index (χ3v) is 6.41. The molecule has 0 unspecified atom stereocenters. The van der Waals surface area contributed by atoms with Gasteiger partial charge < -0.3 is 9.84 Å². The molecule has 0 bridgehead atoms. The van der Waals surface area contributed by atoms with Crippen molar-refractivity contribution in [2.75, 3.05) is 59.0 Å². The Kier molecular flexibility index (Phi) is 5.61. The van der Waals surface area contributed by atoms with Crippen LogP contribution in [0.15, 0.2) is 0 Å². The minimum atomic E-state index is -3.45. The fraction of sp³-hybridized carbons (Fsp3) is 1.00. The van der Waals surface area contributed by atoms with Crippen LogP contribution >= 0.6 is 0 Å². The minimum absolute atomic E-state index is 0.184. The highest BCUT2D eigenvalue weighted by molar-refractivity contribution is 7.86. The lowest BCUT2D eigenvalue weighted by Crippen LogP contribution is -2.50. The summed E-state index contributed by atoms with van der Waals surface area (Å²) in [6.07, 6.45) is 0.491. The van der Waals surface area contributed by atoms with E-state index < -0.39 is 15.8 Å². The van der Waals surface area contributed by atoms with Gasteiger partial charge in [0.15, 0.2) is 0 Å². The number of nitrogens with zero attached hydrogens (tertiary/aromatic N) is 3. The Morgan fingerprint density at radius 1 is 1.19 bits per heavy atom. The van der Waals surface area contributed by atoms with Gasteiger partial charge in [0.25, 0.3) is 10.2 Å². The number of hydrogen-bond donors (Lipinski definition) is 1. The monoisotopic (exact) mass is 321 g/mol. The molecule has 2 aliphatic rings. The second kappa shape index (κ2) is 6.89. The van der Waals surface area contributed by atoms with Crippen molar-refractivity contribution in [3.8, 4) is 0 Å². The Labute approximate surface area is 127 Å². The molecular formula is C13H27N3O4S. The molecule has 0 aromatic carbocycles. The number of hydrogen-bond acceptors (Lipinski definition) is 5. The maximum atomic E-state index is 12.5. The van der Waals surface area contributed by atoms with Crippen LogP contribution in [0.3, 0.4) is 0 Å². The average molecular weight is 321 g/mol. The molecule has 2 heterocycles. The van der Waals surface area contributed by atoms with Crippen LogP contribution in [0.2, 0.25) is 0 Å². The molecule has 124 valence electrons. The highest BCUT2D eigenvalue weighted by atomic mass is 32.2. The first-order valence-corrected chi connectivity index (χ1v) is 9.08. The number of rotatable bonds is 6. The molecule has 0 radical (unpaired) electrons. The van der Waals surface area contributed by atoms with Crippen molar-refractivity contribution < 1.29 is 18.3 Å². The Hall–Kier alpha value is -0.250. The number of morpholine rings is 1. The molecule has 7 nitrogen and oxygen atoms in total. The van der Waals surface area contributed by atoms with E-state index in [1.165, 1.54) is 8.61 Å². The van der Waals surface area contributed by atoms with Crippen LogP contribution in [0.4, 0.5) is 0 Å². The van der Waals surface area contributed by atoms with E-state index in [2.05, 4.69) is 4.90 Å². The topological polar surface area (TPSA) is 73.3 Å². The van der Waals surface area contributed by atoms with Gasteiger partial charge in [0, 0.05) is 45.8 Å². The minimum Gasteiger partial charge on any atom is -0.387 e. The smallest absolute Gasteiger partial charge is 0.282 e. The van der Waals surface area contributed by atoms with Crippen LogP contribution < -0.4 is 0 Å². The van der Waals surface area contributed by atoms with Crippen LogP contribution in [-0.2, 0) is 14.9 Å². The summed E-state index contributed by atoms with van der Waals surface area (Å²) in [4.78, 5) is 2.15. The summed E-state index contributed by atoms with van der Waals surface area (Å²) < 4.78 is 33.1. The van der Waals surface area contributed by atoms with Crippen molar-refractivity contribution in [3.63, 3.8) is 0 Å². The molecule has 1 N–H and O–H groups in total. The van der Waals surface area contributed by atoms with Gasteiger partial charge in [-0.1, -0.05) is 13.8 Å². The molecule has 2 saturated heterocycles. The normalized spacial score (nSPS) is 29.3. The van der Waals surface area contributed by atoms with E-state index in [1.54, 1.807) is 0 Å². The molecule has 2 aliphatic heterocycles. The van der Waals surface area contributed by atoms with E-state index in [-0.39, 0.29) is 6.54 Å². The van der Waals surface area contributed by atoms with Crippen molar-refractivity contribution in [2.24, 2.45) is 0 Å². The van der Waals surface area contributed by atoms with Gasteiger partial charge in [-0.05, 0) is 6.42 Å². The van der Waals surface area contributed by atoms with Gasteiger partial charge in [-0.3, -0.25) is 4.90 Å². The third kappa shape index (κ3) is 3.94. The second-order valence-corrected chi connectivity index (χ2v) is 7.72. The Morgan fingerprint density at radius 2 is 1.81 bits per heavy atom. The molecule has 1 atom stereocenters. The van der Waals surface area contributed by atoms with Gasteiger partial charge in [0.1, 0.15) is 0 Å². The quantitative estimate of drug-likeness (QED) is 0.703. The van der Waals surface area contributed by atoms with E-state index in [1.807, 2.05) is 13.8 Å². The van der Waals surface area contributed by atoms with Gasteiger partial charge in [-0.2, -0.15) is 17.0 Å². The first kappa shape index (κ1) is 17.1. The fourth-order valence-electron chi connectivity index (χ4n) is 3.03. The average Bonchev–Trinajstić information content (AvgIpc) is 2.84. The Morgan fingerprint density at radius 3 is 2.38 bits per heavy atom. The van der Waals surface area contributed by atoms with E-state index in [0.29, 0.717) is 45.8 Å².